The second-order valence-corrected chi connectivity index (χ2v) is 7.17. The number of hydrogen-bond acceptors (Lipinski definition) is 4. The van der Waals surface area contributed by atoms with Crippen LogP contribution in [0.1, 0.15) is 5.56 Å². The molecule has 0 aromatic heterocycles. The Labute approximate surface area is 115 Å². The van der Waals surface area contributed by atoms with Crippen molar-refractivity contribution in [2.75, 3.05) is 46.1 Å². The first-order valence-corrected chi connectivity index (χ1v) is 7.83. The number of nitrogens with one attached hydrogen (secondary N) is 1. The first-order chi connectivity index (χ1) is 8.91. The van der Waals surface area contributed by atoms with Crippen molar-refractivity contribution in [1.82, 2.24) is 9.21 Å². The third-order valence-corrected chi connectivity index (χ3v) is 5.21. The van der Waals surface area contributed by atoms with Crippen LogP contribution in [0.25, 0.3) is 0 Å². The van der Waals surface area contributed by atoms with Gasteiger partial charge in [0.05, 0.1) is 4.90 Å². The molecule has 1 N–H and O–H groups in total. The molecule has 0 amide bonds. The van der Waals surface area contributed by atoms with Gasteiger partial charge < -0.3 is 10.2 Å². The molecule has 1 aliphatic rings. The monoisotopic (exact) mass is 283 g/mol. The van der Waals surface area contributed by atoms with Gasteiger partial charge in [-0.15, -0.1) is 0 Å². The molecule has 5 nitrogen and oxygen atoms in total. The van der Waals surface area contributed by atoms with Crippen LogP contribution in [0.3, 0.4) is 0 Å². The Morgan fingerprint density at radius 3 is 2.63 bits per heavy atom. The smallest absolute Gasteiger partial charge is 0.242 e. The molecule has 1 aliphatic heterocycles. The average Bonchev–Trinajstić information content (AvgIpc) is 2.82. The maximum atomic E-state index is 12.4. The van der Waals surface area contributed by atoms with Gasteiger partial charge in [0.2, 0.25) is 10.0 Å². The summed E-state index contributed by atoms with van der Waals surface area (Å²) >= 11 is 0. The zero-order valence-corrected chi connectivity index (χ0v) is 12.5. The van der Waals surface area contributed by atoms with Crippen molar-refractivity contribution < 1.29 is 8.42 Å². The molecule has 0 fully saturated rings. The zero-order chi connectivity index (χ0) is 14.0. The molecule has 0 unspecified atom stereocenters. The molecule has 0 spiro atoms. The molecule has 19 heavy (non-hydrogen) atoms. The van der Waals surface area contributed by atoms with Crippen molar-refractivity contribution in [2.24, 2.45) is 0 Å². The van der Waals surface area contributed by atoms with Crippen LogP contribution in [0.5, 0.6) is 0 Å². The number of likely N-dealkylation sites (N-methyl/N-ethyl adjacent to an activating group) is 2. The first kappa shape index (κ1) is 14.3. The van der Waals surface area contributed by atoms with Gasteiger partial charge in [-0.1, -0.05) is 6.07 Å². The Bertz CT molecular complexity index is 555. The van der Waals surface area contributed by atoms with Crippen LogP contribution in [-0.2, 0) is 16.4 Å². The number of rotatable bonds is 5. The Hall–Kier alpha value is -1.11. The summed E-state index contributed by atoms with van der Waals surface area (Å²) < 4.78 is 26.3. The third kappa shape index (κ3) is 3.08. The number of sulfonamides is 1. The lowest BCUT2D eigenvalue weighted by Crippen LogP contribution is -2.33. The van der Waals surface area contributed by atoms with Crippen LogP contribution >= 0.6 is 0 Å². The van der Waals surface area contributed by atoms with E-state index < -0.39 is 10.0 Å². The van der Waals surface area contributed by atoms with Crippen LogP contribution < -0.4 is 5.32 Å². The molecule has 1 aromatic rings. The average molecular weight is 283 g/mol. The van der Waals surface area contributed by atoms with Gasteiger partial charge in [-0.25, -0.2) is 8.42 Å². The van der Waals surface area contributed by atoms with E-state index >= 15 is 0 Å². The summed E-state index contributed by atoms with van der Waals surface area (Å²) in [7, 11) is 2.10. The van der Waals surface area contributed by atoms with Gasteiger partial charge in [-0.05, 0) is 38.2 Å². The molecule has 0 saturated heterocycles. The minimum Gasteiger partial charge on any atom is -0.384 e. The van der Waals surface area contributed by atoms with Gasteiger partial charge >= 0.3 is 0 Å². The minimum atomic E-state index is -3.39. The highest BCUT2D eigenvalue weighted by Crippen LogP contribution is 2.26. The quantitative estimate of drug-likeness (QED) is 0.870. The minimum absolute atomic E-state index is 0.363. The highest BCUT2D eigenvalue weighted by atomic mass is 32.2. The molecular formula is C13H21N3O2S. The topological polar surface area (TPSA) is 52.7 Å². The fourth-order valence-electron chi connectivity index (χ4n) is 2.07. The van der Waals surface area contributed by atoms with Crippen LogP contribution in [0.4, 0.5) is 5.69 Å². The summed E-state index contributed by atoms with van der Waals surface area (Å²) in [6.07, 6.45) is 0.964. The van der Waals surface area contributed by atoms with Crippen molar-refractivity contribution in [3.05, 3.63) is 23.8 Å². The predicted molar refractivity (Wildman–Crippen MR) is 77.0 cm³/mol. The summed E-state index contributed by atoms with van der Waals surface area (Å²) in [5.74, 6) is 0. The fraction of sp³-hybridized carbons (Fsp3) is 0.538. The van der Waals surface area contributed by atoms with E-state index in [-0.39, 0.29) is 0 Å². The standard InChI is InChI=1S/C13H21N3O2S/c1-15(2)8-9-16(3)19(17,18)12-5-4-11-6-7-14-13(11)10-12/h4-5,10,14H,6-9H2,1-3H3. The Balaban J connectivity index is 2.19. The second-order valence-electron chi connectivity index (χ2n) is 5.13. The van der Waals surface area contributed by atoms with E-state index in [2.05, 4.69) is 5.32 Å². The molecule has 106 valence electrons. The number of benzene rings is 1. The van der Waals surface area contributed by atoms with E-state index in [0.29, 0.717) is 18.0 Å². The molecule has 0 radical (unpaired) electrons. The highest BCUT2D eigenvalue weighted by molar-refractivity contribution is 7.89. The number of fused-ring (bicyclic) bond motifs is 1. The first-order valence-electron chi connectivity index (χ1n) is 6.39. The molecule has 0 bridgehead atoms. The molecule has 0 saturated carbocycles. The molecule has 1 heterocycles. The van der Waals surface area contributed by atoms with E-state index in [9.17, 15) is 8.42 Å². The lowest BCUT2D eigenvalue weighted by Gasteiger charge is -2.19. The van der Waals surface area contributed by atoms with E-state index in [1.807, 2.05) is 25.1 Å². The van der Waals surface area contributed by atoms with Crippen molar-refractivity contribution >= 4 is 15.7 Å². The SMILES string of the molecule is CN(C)CCN(C)S(=O)(=O)c1ccc2c(c1)NCC2. The maximum Gasteiger partial charge on any atom is 0.242 e. The molecule has 1 aromatic carbocycles. The number of nitrogens with zero attached hydrogens (tertiary/aromatic N) is 2. The zero-order valence-electron chi connectivity index (χ0n) is 11.7. The maximum absolute atomic E-state index is 12.4. The van der Waals surface area contributed by atoms with E-state index in [0.717, 1.165) is 18.7 Å². The number of anilines is 1. The third-order valence-electron chi connectivity index (χ3n) is 3.36. The normalized spacial score (nSPS) is 14.8. The van der Waals surface area contributed by atoms with Gasteiger partial charge in [0.25, 0.3) is 0 Å². The molecular weight excluding hydrogens is 262 g/mol. The largest absolute Gasteiger partial charge is 0.384 e. The van der Waals surface area contributed by atoms with Crippen molar-refractivity contribution in [3.8, 4) is 0 Å². The number of hydrogen-bond donors (Lipinski definition) is 1. The van der Waals surface area contributed by atoms with Crippen LogP contribution in [-0.4, -0.2) is 58.4 Å². The van der Waals surface area contributed by atoms with Gasteiger partial charge in [-0.3, -0.25) is 0 Å². The predicted octanol–water partition coefficient (Wildman–Crippen LogP) is 0.837. The van der Waals surface area contributed by atoms with Gasteiger partial charge in [0.1, 0.15) is 0 Å². The molecule has 0 aliphatic carbocycles. The highest BCUT2D eigenvalue weighted by Gasteiger charge is 2.22. The lowest BCUT2D eigenvalue weighted by molar-refractivity contribution is 0.358. The molecule has 0 atom stereocenters. The lowest BCUT2D eigenvalue weighted by atomic mass is 10.2. The van der Waals surface area contributed by atoms with Crippen LogP contribution in [0.2, 0.25) is 0 Å². The fourth-order valence-corrected chi connectivity index (χ4v) is 3.26. The summed E-state index contributed by atoms with van der Waals surface area (Å²) in [5, 5.41) is 3.21. The Kier molecular flexibility index (Phi) is 4.13. The summed E-state index contributed by atoms with van der Waals surface area (Å²) in [6.45, 7) is 2.08. The van der Waals surface area contributed by atoms with Crippen LogP contribution in [0, 0.1) is 0 Å². The van der Waals surface area contributed by atoms with E-state index in [1.54, 1.807) is 19.2 Å². The van der Waals surface area contributed by atoms with Crippen LogP contribution in [0.15, 0.2) is 23.1 Å². The Morgan fingerprint density at radius 1 is 1.21 bits per heavy atom. The van der Waals surface area contributed by atoms with E-state index in [1.165, 1.54) is 9.87 Å². The van der Waals surface area contributed by atoms with Crippen molar-refractivity contribution in [2.45, 2.75) is 11.3 Å². The van der Waals surface area contributed by atoms with Gasteiger partial charge in [0.15, 0.2) is 0 Å². The summed E-state index contributed by atoms with van der Waals surface area (Å²) in [5.41, 5.74) is 2.14. The summed E-state index contributed by atoms with van der Waals surface area (Å²) in [4.78, 5) is 2.33. The summed E-state index contributed by atoms with van der Waals surface area (Å²) in [6, 6.07) is 5.35. The molecule has 6 heteroatoms. The van der Waals surface area contributed by atoms with Gasteiger partial charge in [0, 0.05) is 32.4 Å². The van der Waals surface area contributed by atoms with Crippen molar-refractivity contribution in [1.29, 1.82) is 0 Å². The molecule has 2 rings (SSSR count). The van der Waals surface area contributed by atoms with Crippen molar-refractivity contribution in [3.63, 3.8) is 0 Å². The van der Waals surface area contributed by atoms with Gasteiger partial charge in [-0.2, -0.15) is 4.31 Å². The van der Waals surface area contributed by atoms with E-state index in [4.69, 9.17) is 0 Å². The Morgan fingerprint density at radius 2 is 1.95 bits per heavy atom. The second kappa shape index (κ2) is 5.48.